The average molecular weight is 321 g/mol. The summed E-state index contributed by atoms with van der Waals surface area (Å²) in [6.07, 6.45) is 0. The lowest BCUT2D eigenvalue weighted by molar-refractivity contribution is -0.131. The molecule has 0 spiro atoms. The molecule has 1 unspecified atom stereocenters. The second-order valence-electron chi connectivity index (χ2n) is 5.93. The number of hydrogen-bond donors (Lipinski definition) is 1. The number of rotatable bonds is 5. The number of benzene rings is 1. The lowest BCUT2D eigenvalue weighted by atomic mass is 10.2. The average Bonchev–Trinajstić information content (AvgIpc) is 2.70. The van der Waals surface area contributed by atoms with Gasteiger partial charge in [0.05, 0.1) is 0 Å². The van der Waals surface area contributed by atoms with Crippen LogP contribution in [-0.2, 0) is 9.59 Å². The van der Waals surface area contributed by atoms with Crippen molar-refractivity contribution in [2.75, 3.05) is 18.0 Å². The monoisotopic (exact) mass is 321 g/mol. The van der Waals surface area contributed by atoms with Crippen molar-refractivity contribution in [1.29, 1.82) is 0 Å². The molecule has 1 fully saturated rings. The van der Waals surface area contributed by atoms with Crippen molar-refractivity contribution in [2.24, 2.45) is 5.92 Å². The van der Waals surface area contributed by atoms with Crippen molar-refractivity contribution in [3.05, 3.63) is 30.1 Å². The summed E-state index contributed by atoms with van der Waals surface area (Å²) in [6, 6.07) is 3.99. The van der Waals surface area contributed by atoms with Gasteiger partial charge in [0, 0.05) is 12.2 Å². The maximum Gasteiger partial charge on any atom is 0.332 e. The maximum atomic E-state index is 13.0. The largest absolute Gasteiger partial charge is 0.354 e. The number of urea groups is 1. The molecule has 1 aliphatic rings. The van der Waals surface area contributed by atoms with E-state index in [9.17, 15) is 18.8 Å². The first-order valence-electron chi connectivity index (χ1n) is 7.48. The van der Waals surface area contributed by atoms with Crippen LogP contribution in [0.4, 0.5) is 14.9 Å². The Bertz CT molecular complexity index is 616. The lowest BCUT2D eigenvalue weighted by Crippen LogP contribution is -2.42. The standard InChI is InChI=1S/C16H20FN3O3/c1-10(2)8-18-14(21)9-19-15(22)11(3)20(16(19)23)13-6-4-12(17)5-7-13/h4-7,10-11H,8-9H2,1-3H3,(H,18,21). The minimum atomic E-state index is -0.731. The summed E-state index contributed by atoms with van der Waals surface area (Å²) >= 11 is 0. The van der Waals surface area contributed by atoms with E-state index in [1.165, 1.54) is 29.2 Å². The second kappa shape index (κ2) is 6.76. The van der Waals surface area contributed by atoms with E-state index in [4.69, 9.17) is 0 Å². The Morgan fingerprint density at radius 3 is 2.43 bits per heavy atom. The molecule has 6 nitrogen and oxygen atoms in total. The second-order valence-corrected chi connectivity index (χ2v) is 5.93. The van der Waals surface area contributed by atoms with Gasteiger partial charge in [-0.15, -0.1) is 0 Å². The Morgan fingerprint density at radius 2 is 1.87 bits per heavy atom. The summed E-state index contributed by atoms with van der Waals surface area (Å²) < 4.78 is 13.0. The number of nitrogens with zero attached hydrogens (tertiary/aromatic N) is 2. The molecule has 23 heavy (non-hydrogen) atoms. The Labute approximate surface area is 134 Å². The summed E-state index contributed by atoms with van der Waals surface area (Å²) in [5, 5.41) is 2.67. The van der Waals surface area contributed by atoms with E-state index in [2.05, 4.69) is 5.32 Å². The van der Waals surface area contributed by atoms with Gasteiger partial charge in [0.15, 0.2) is 0 Å². The van der Waals surface area contributed by atoms with Gasteiger partial charge in [-0.2, -0.15) is 0 Å². The highest BCUT2D eigenvalue weighted by molar-refractivity contribution is 6.15. The molecule has 1 atom stereocenters. The zero-order valence-electron chi connectivity index (χ0n) is 13.4. The molecule has 4 amide bonds. The van der Waals surface area contributed by atoms with Gasteiger partial charge in [0.2, 0.25) is 5.91 Å². The summed E-state index contributed by atoms with van der Waals surface area (Å²) in [5.74, 6) is -0.976. The van der Waals surface area contributed by atoms with E-state index in [1.54, 1.807) is 6.92 Å². The Balaban J connectivity index is 2.11. The van der Waals surface area contributed by atoms with E-state index in [1.807, 2.05) is 13.8 Å². The topological polar surface area (TPSA) is 69.7 Å². The highest BCUT2D eigenvalue weighted by Gasteiger charge is 2.43. The van der Waals surface area contributed by atoms with Crippen LogP contribution >= 0.6 is 0 Å². The van der Waals surface area contributed by atoms with Crippen LogP contribution in [0.1, 0.15) is 20.8 Å². The fourth-order valence-corrected chi connectivity index (χ4v) is 2.32. The summed E-state index contributed by atoms with van der Waals surface area (Å²) in [4.78, 5) is 38.7. The fraction of sp³-hybridized carbons (Fsp3) is 0.438. The third-order valence-corrected chi connectivity index (χ3v) is 3.56. The predicted molar refractivity (Wildman–Crippen MR) is 83.3 cm³/mol. The first-order valence-corrected chi connectivity index (χ1v) is 7.48. The number of anilines is 1. The highest BCUT2D eigenvalue weighted by atomic mass is 19.1. The van der Waals surface area contributed by atoms with E-state index < -0.39 is 23.8 Å². The van der Waals surface area contributed by atoms with Crippen LogP contribution in [0.3, 0.4) is 0 Å². The third kappa shape index (κ3) is 3.67. The number of amides is 4. The molecule has 1 saturated heterocycles. The zero-order chi connectivity index (χ0) is 17.1. The van der Waals surface area contributed by atoms with Crippen LogP contribution in [-0.4, -0.2) is 41.9 Å². The van der Waals surface area contributed by atoms with E-state index in [0.717, 1.165) is 4.90 Å². The van der Waals surface area contributed by atoms with Crippen molar-refractivity contribution in [1.82, 2.24) is 10.2 Å². The SMILES string of the molecule is CC(C)CNC(=O)CN1C(=O)C(C)N(c2ccc(F)cc2)C1=O. The molecule has 7 heteroatoms. The molecule has 2 rings (SSSR count). The molecule has 124 valence electrons. The van der Waals surface area contributed by atoms with Gasteiger partial charge in [0.1, 0.15) is 18.4 Å². The van der Waals surface area contributed by atoms with Gasteiger partial charge in [-0.1, -0.05) is 13.8 Å². The van der Waals surface area contributed by atoms with Gasteiger partial charge in [-0.05, 0) is 37.1 Å². The number of imide groups is 1. The summed E-state index contributed by atoms with van der Waals surface area (Å²) in [5.41, 5.74) is 0.419. The number of carbonyl (C=O) groups excluding carboxylic acids is 3. The van der Waals surface area contributed by atoms with Crippen LogP contribution in [0.5, 0.6) is 0 Å². The van der Waals surface area contributed by atoms with Gasteiger partial charge < -0.3 is 5.32 Å². The van der Waals surface area contributed by atoms with Crippen molar-refractivity contribution in [3.8, 4) is 0 Å². The van der Waals surface area contributed by atoms with Crippen LogP contribution in [0.2, 0.25) is 0 Å². The van der Waals surface area contributed by atoms with E-state index in [0.29, 0.717) is 12.2 Å². The van der Waals surface area contributed by atoms with Crippen molar-refractivity contribution in [3.63, 3.8) is 0 Å². The molecule has 0 aromatic heterocycles. The maximum absolute atomic E-state index is 13.0. The van der Waals surface area contributed by atoms with E-state index in [-0.39, 0.29) is 18.4 Å². The molecule has 0 bridgehead atoms. The Kier molecular flexibility index (Phi) is 4.98. The van der Waals surface area contributed by atoms with Gasteiger partial charge >= 0.3 is 6.03 Å². The smallest absolute Gasteiger partial charge is 0.332 e. The quantitative estimate of drug-likeness (QED) is 0.840. The highest BCUT2D eigenvalue weighted by Crippen LogP contribution is 2.25. The normalized spacial score (nSPS) is 18.0. The first-order chi connectivity index (χ1) is 10.8. The molecular formula is C16H20FN3O3. The molecule has 1 heterocycles. The fourth-order valence-electron chi connectivity index (χ4n) is 2.32. The minimum absolute atomic E-state index is 0.276. The molecule has 1 N–H and O–H groups in total. The Hall–Kier alpha value is -2.44. The summed E-state index contributed by atoms with van der Waals surface area (Å²) in [6.45, 7) is 5.64. The van der Waals surface area contributed by atoms with E-state index >= 15 is 0 Å². The zero-order valence-corrected chi connectivity index (χ0v) is 13.4. The number of nitrogens with one attached hydrogen (secondary N) is 1. The number of halogens is 1. The number of carbonyl (C=O) groups is 3. The van der Waals surface area contributed by atoms with Gasteiger partial charge in [-0.3, -0.25) is 19.4 Å². The Morgan fingerprint density at radius 1 is 1.26 bits per heavy atom. The molecule has 0 aliphatic carbocycles. The van der Waals surface area contributed by atoms with Gasteiger partial charge in [-0.25, -0.2) is 9.18 Å². The molecular weight excluding hydrogens is 301 g/mol. The first kappa shape index (κ1) is 16.9. The van der Waals surface area contributed by atoms with Crippen molar-refractivity contribution in [2.45, 2.75) is 26.8 Å². The third-order valence-electron chi connectivity index (χ3n) is 3.56. The van der Waals surface area contributed by atoms with Crippen molar-refractivity contribution < 1.29 is 18.8 Å². The van der Waals surface area contributed by atoms with Crippen LogP contribution in [0.15, 0.2) is 24.3 Å². The predicted octanol–water partition coefficient (Wildman–Crippen LogP) is 1.75. The molecule has 0 saturated carbocycles. The molecule has 1 aromatic rings. The molecule has 1 aliphatic heterocycles. The van der Waals surface area contributed by atoms with Crippen molar-refractivity contribution >= 4 is 23.5 Å². The molecule has 0 radical (unpaired) electrons. The number of hydrogen-bond acceptors (Lipinski definition) is 3. The minimum Gasteiger partial charge on any atom is -0.354 e. The van der Waals surface area contributed by atoms with Crippen LogP contribution in [0.25, 0.3) is 0 Å². The molecule has 1 aromatic carbocycles. The van der Waals surface area contributed by atoms with Crippen LogP contribution < -0.4 is 10.2 Å². The summed E-state index contributed by atoms with van der Waals surface area (Å²) in [7, 11) is 0. The van der Waals surface area contributed by atoms with Gasteiger partial charge in [0.25, 0.3) is 5.91 Å². The lowest BCUT2D eigenvalue weighted by Gasteiger charge is -2.19. The van der Waals surface area contributed by atoms with Crippen LogP contribution in [0, 0.1) is 11.7 Å².